The van der Waals surface area contributed by atoms with Crippen molar-refractivity contribution in [2.75, 3.05) is 0 Å². The molecule has 17 heavy (non-hydrogen) atoms. The summed E-state index contributed by atoms with van der Waals surface area (Å²) in [5.41, 5.74) is 1.11. The maximum Gasteiger partial charge on any atom is 0.349 e. The molecule has 94 valence electrons. The number of rotatable bonds is 5. The van der Waals surface area contributed by atoms with Crippen LogP contribution in [0.15, 0.2) is 6.33 Å². The zero-order valence-electron chi connectivity index (χ0n) is 9.62. The highest BCUT2D eigenvalue weighted by atomic mass is 16.5. The Morgan fingerprint density at radius 2 is 2.00 bits per heavy atom. The molecule has 1 unspecified atom stereocenters. The lowest BCUT2D eigenvalue weighted by atomic mass is 10.1. The number of carboxylic acids is 2. The lowest BCUT2D eigenvalue weighted by molar-refractivity contribution is -0.717. The summed E-state index contributed by atoms with van der Waals surface area (Å²) in [7, 11) is 0. The Bertz CT molecular complexity index is 452. The van der Waals surface area contributed by atoms with E-state index in [4.69, 9.17) is 10.2 Å². The van der Waals surface area contributed by atoms with E-state index >= 15 is 0 Å². The van der Waals surface area contributed by atoms with Crippen LogP contribution in [0.3, 0.4) is 0 Å². The van der Waals surface area contributed by atoms with Gasteiger partial charge < -0.3 is 15.4 Å². The van der Waals surface area contributed by atoms with Gasteiger partial charge in [0.2, 0.25) is 0 Å². The number of carbonyl (C=O) groups is 2. The number of hydrogen-bond donors (Lipinski definition) is 3. The SMILES string of the molecule is Cc1c(C)[n+](C(CCC(=O)O)C(=O)O)cn1O. The van der Waals surface area contributed by atoms with E-state index in [1.807, 2.05) is 0 Å². The topological polar surface area (TPSA) is 104 Å². The van der Waals surface area contributed by atoms with Gasteiger partial charge in [-0.25, -0.2) is 9.36 Å². The highest BCUT2D eigenvalue weighted by molar-refractivity contribution is 5.72. The fourth-order valence-electron chi connectivity index (χ4n) is 1.60. The summed E-state index contributed by atoms with van der Waals surface area (Å²) in [5, 5.41) is 27.0. The fraction of sp³-hybridized carbons (Fsp3) is 0.500. The van der Waals surface area contributed by atoms with Crippen molar-refractivity contribution in [1.29, 1.82) is 0 Å². The third kappa shape index (κ3) is 2.74. The van der Waals surface area contributed by atoms with Crippen molar-refractivity contribution in [2.45, 2.75) is 32.7 Å². The fourth-order valence-corrected chi connectivity index (χ4v) is 1.60. The first-order valence-electron chi connectivity index (χ1n) is 5.08. The maximum atomic E-state index is 11.1. The van der Waals surface area contributed by atoms with Crippen molar-refractivity contribution in [3.63, 3.8) is 0 Å². The average molecular weight is 243 g/mol. The summed E-state index contributed by atoms with van der Waals surface area (Å²) >= 11 is 0. The molecule has 1 atom stereocenters. The predicted molar refractivity (Wildman–Crippen MR) is 54.8 cm³/mol. The zero-order chi connectivity index (χ0) is 13.2. The van der Waals surface area contributed by atoms with Crippen LogP contribution in [0.25, 0.3) is 0 Å². The molecule has 0 aliphatic carbocycles. The van der Waals surface area contributed by atoms with Crippen LogP contribution < -0.4 is 4.57 Å². The van der Waals surface area contributed by atoms with Gasteiger partial charge in [-0.2, -0.15) is 0 Å². The third-order valence-corrected chi connectivity index (χ3v) is 2.74. The van der Waals surface area contributed by atoms with Crippen LogP contribution in [-0.4, -0.2) is 32.1 Å². The quantitative estimate of drug-likeness (QED) is 0.503. The standard InChI is InChI=1S/C10H14N2O5/c1-6-7(2)12(17)5-11(6)8(10(15)16)3-4-9(13)14/h5,8H,3-4H2,1-2H3,(H2-,13,14,15,16,17)/p+1. The molecule has 0 aromatic carbocycles. The minimum Gasteiger partial charge on any atom is -0.481 e. The summed E-state index contributed by atoms with van der Waals surface area (Å²) in [5.74, 6) is -2.17. The van der Waals surface area contributed by atoms with Gasteiger partial charge in [-0.05, 0) is 0 Å². The molecule has 0 spiro atoms. The Morgan fingerprint density at radius 3 is 2.35 bits per heavy atom. The Kier molecular flexibility index (Phi) is 3.72. The van der Waals surface area contributed by atoms with E-state index in [9.17, 15) is 14.8 Å². The molecule has 1 heterocycles. The van der Waals surface area contributed by atoms with Crippen LogP contribution in [0.1, 0.15) is 30.3 Å². The molecule has 0 fully saturated rings. The van der Waals surface area contributed by atoms with Crippen LogP contribution in [-0.2, 0) is 9.59 Å². The molecule has 0 aliphatic heterocycles. The van der Waals surface area contributed by atoms with Gasteiger partial charge in [0.25, 0.3) is 6.33 Å². The van der Waals surface area contributed by atoms with Crippen LogP contribution in [0.4, 0.5) is 0 Å². The van der Waals surface area contributed by atoms with E-state index in [0.29, 0.717) is 11.4 Å². The molecule has 0 radical (unpaired) electrons. The van der Waals surface area contributed by atoms with Gasteiger partial charge in [0, 0.05) is 26.7 Å². The monoisotopic (exact) mass is 243 g/mol. The maximum absolute atomic E-state index is 11.1. The summed E-state index contributed by atoms with van der Waals surface area (Å²) in [6, 6.07) is -0.988. The number of carboxylic acid groups (broad SMARTS) is 2. The van der Waals surface area contributed by atoms with Crippen LogP contribution in [0, 0.1) is 13.8 Å². The van der Waals surface area contributed by atoms with E-state index in [0.717, 1.165) is 4.73 Å². The molecule has 0 amide bonds. The van der Waals surface area contributed by atoms with Crippen molar-refractivity contribution >= 4 is 11.9 Å². The number of aromatic nitrogens is 2. The molecule has 7 heteroatoms. The summed E-state index contributed by atoms with van der Waals surface area (Å²) in [6.07, 6.45) is 0.976. The smallest absolute Gasteiger partial charge is 0.349 e. The highest BCUT2D eigenvalue weighted by Gasteiger charge is 2.29. The molecule has 0 bridgehead atoms. The van der Waals surface area contributed by atoms with Crippen LogP contribution in [0.5, 0.6) is 0 Å². The van der Waals surface area contributed by atoms with E-state index in [1.54, 1.807) is 13.8 Å². The number of hydrogen-bond acceptors (Lipinski definition) is 3. The molecular weight excluding hydrogens is 228 g/mol. The second-order valence-corrected chi connectivity index (χ2v) is 3.82. The van der Waals surface area contributed by atoms with Crippen LogP contribution in [0.2, 0.25) is 0 Å². The first kappa shape index (κ1) is 13.0. The van der Waals surface area contributed by atoms with E-state index in [1.165, 1.54) is 10.9 Å². The highest BCUT2D eigenvalue weighted by Crippen LogP contribution is 2.11. The van der Waals surface area contributed by atoms with Crippen LogP contribution >= 0.6 is 0 Å². The van der Waals surface area contributed by atoms with E-state index in [-0.39, 0.29) is 12.8 Å². The molecule has 0 saturated carbocycles. The molecule has 0 aliphatic rings. The second kappa shape index (κ2) is 4.86. The van der Waals surface area contributed by atoms with Crippen molar-refractivity contribution in [1.82, 2.24) is 4.73 Å². The Labute approximate surface area is 97.5 Å². The largest absolute Gasteiger partial charge is 0.481 e. The molecule has 3 N–H and O–H groups in total. The van der Waals surface area contributed by atoms with Gasteiger partial charge in [-0.1, -0.05) is 4.73 Å². The second-order valence-electron chi connectivity index (χ2n) is 3.82. The average Bonchev–Trinajstić information content (AvgIpc) is 2.46. The van der Waals surface area contributed by atoms with Crippen molar-refractivity contribution < 1.29 is 29.6 Å². The molecule has 1 aromatic rings. The molecule has 7 nitrogen and oxygen atoms in total. The first-order valence-corrected chi connectivity index (χ1v) is 5.08. The van der Waals surface area contributed by atoms with Crippen molar-refractivity contribution in [3.05, 3.63) is 17.7 Å². The summed E-state index contributed by atoms with van der Waals surface area (Å²) in [6.45, 7) is 3.31. The molecular formula is C10H15N2O5+. The minimum absolute atomic E-state index is 0.0281. The summed E-state index contributed by atoms with van der Waals surface area (Å²) < 4.78 is 2.19. The van der Waals surface area contributed by atoms with Gasteiger partial charge in [0.15, 0.2) is 11.7 Å². The number of imidazole rings is 1. The lowest BCUT2D eigenvalue weighted by Gasteiger charge is -2.08. The summed E-state index contributed by atoms with van der Waals surface area (Å²) in [4.78, 5) is 21.5. The third-order valence-electron chi connectivity index (χ3n) is 2.74. The Balaban J connectivity index is 3.01. The molecule has 1 rings (SSSR count). The van der Waals surface area contributed by atoms with Crippen molar-refractivity contribution in [3.8, 4) is 0 Å². The van der Waals surface area contributed by atoms with E-state index < -0.39 is 18.0 Å². The van der Waals surface area contributed by atoms with Gasteiger partial charge in [-0.3, -0.25) is 4.79 Å². The predicted octanol–water partition coefficient (Wildman–Crippen LogP) is 0.120. The van der Waals surface area contributed by atoms with Gasteiger partial charge in [-0.15, -0.1) is 0 Å². The molecule has 1 aromatic heterocycles. The number of aliphatic carboxylic acids is 2. The van der Waals surface area contributed by atoms with Gasteiger partial charge >= 0.3 is 11.9 Å². The first-order chi connectivity index (χ1) is 7.84. The lowest BCUT2D eigenvalue weighted by Crippen LogP contribution is -2.45. The van der Waals surface area contributed by atoms with Crippen molar-refractivity contribution in [2.24, 2.45) is 0 Å². The molecule has 0 saturated heterocycles. The minimum atomic E-state index is -1.12. The number of nitrogens with zero attached hydrogens (tertiary/aromatic N) is 2. The van der Waals surface area contributed by atoms with E-state index in [2.05, 4.69) is 0 Å². The zero-order valence-corrected chi connectivity index (χ0v) is 9.62. The Hall–Kier alpha value is -2.05. The van der Waals surface area contributed by atoms with Gasteiger partial charge in [0.1, 0.15) is 5.69 Å². The normalized spacial score (nSPS) is 12.4. The van der Waals surface area contributed by atoms with Gasteiger partial charge in [0.05, 0.1) is 0 Å². The Morgan fingerprint density at radius 1 is 1.41 bits per heavy atom.